The Bertz CT molecular complexity index is 501. The van der Waals surface area contributed by atoms with Crippen molar-refractivity contribution >= 4 is 40.2 Å². The number of nitrogens with zero attached hydrogens (tertiary/aromatic N) is 2. The maximum atomic E-state index is 11.5. The Hall–Kier alpha value is -1.61. The first kappa shape index (κ1) is 14.8. The van der Waals surface area contributed by atoms with Gasteiger partial charge in [0.15, 0.2) is 4.34 Å². The number of anilines is 1. The summed E-state index contributed by atoms with van der Waals surface area (Å²) in [5, 5.41) is 16.5. The van der Waals surface area contributed by atoms with Crippen LogP contribution in [-0.4, -0.2) is 40.5 Å². The van der Waals surface area contributed by atoms with Crippen LogP contribution >= 0.6 is 23.1 Å². The highest BCUT2D eigenvalue weighted by atomic mass is 32.2. The lowest BCUT2D eigenvalue weighted by Gasteiger charge is -2.03. The van der Waals surface area contributed by atoms with Gasteiger partial charge in [0, 0.05) is 12.6 Å². The number of aromatic nitrogens is 2. The zero-order chi connectivity index (χ0) is 14.4. The predicted molar refractivity (Wildman–Crippen MR) is 79.0 cm³/mol. The van der Waals surface area contributed by atoms with E-state index >= 15 is 0 Å². The summed E-state index contributed by atoms with van der Waals surface area (Å²) in [5.74, 6) is -0.210. The van der Waals surface area contributed by atoms with Crippen LogP contribution in [0, 0.1) is 0 Å². The van der Waals surface area contributed by atoms with E-state index in [0.717, 1.165) is 12.8 Å². The van der Waals surface area contributed by atoms with Crippen molar-refractivity contribution in [3.8, 4) is 0 Å². The van der Waals surface area contributed by atoms with Crippen molar-refractivity contribution < 1.29 is 9.59 Å². The quantitative estimate of drug-likeness (QED) is 0.517. The average molecular weight is 313 g/mol. The Kier molecular flexibility index (Phi) is 5.36. The molecule has 0 radical (unpaired) electrons. The third kappa shape index (κ3) is 5.17. The van der Waals surface area contributed by atoms with E-state index < -0.39 is 6.03 Å². The fourth-order valence-electron chi connectivity index (χ4n) is 1.24. The summed E-state index contributed by atoms with van der Waals surface area (Å²) < 4.78 is 0.675. The maximum absolute atomic E-state index is 11.5. The molecule has 0 bridgehead atoms. The number of thioether (sulfide) groups is 1. The van der Waals surface area contributed by atoms with Crippen molar-refractivity contribution in [2.45, 2.75) is 23.2 Å². The molecule has 7 nitrogen and oxygen atoms in total. The van der Waals surface area contributed by atoms with E-state index in [4.69, 9.17) is 0 Å². The second-order valence-electron chi connectivity index (χ2n) is 4.13. The minimum Gasteiger partial charge on any atom is -0.357 e. The molecule has 20 heavy (non-hydrogen) atoms. The fourth-order valence-corrected chi connectivity index (χ4v) is 2.80. The Morgan fingerprint density at radius 3 is 2.95 bits per heavy atom. The number of carbonyl (C=O) groups excluding carboxylic acids is 2. The molecule has 1 aliphatic carbocycles. The molecule has 0 atom stereocenters. The molecule has 0 unspecified atom stereocenters. The van der Waals surface area contributed by atoms with E-state index in [1.54, 1.807) is 6.08 Å². The Morgan fingerprint density at radius 1 is 1.45 bits per heavy atom. The highest BCUT2D eigenvalue weighted by Crippen LogP contribution is 2.25. The molecule has 3 N–H and O–H groups in total. The summed E-state index contributed by atoms with van der Waals surface area (Å²) in [6, 6.07) is -0.194. The summed E-state index contributed by atoms with van der Waals surface area (Å²) in [5.41, 5.74) is 0. The lowest BCUT2D eigenvalue weighted by molar-refractivity contribution is -0.117. The number of hydrogen-bond donors (Lipinski definition) is 3. The summed E-state index contributed by atoms with van der Waals surface area (Å²) in [7, 11) is 0. The highest BCUT2D eigenvalue weighted by Gasteiger charge is 2.23. The van der Waals surface area contributed by atoms with Crippen molar-refractivity contribution in [1.29, 1.82) is 0 Å². The topological polar surface area (TPSA) is 96.0 Å². The van der Waals surface area contributed by atoms with Gasteiger partial charge in [-0.25, -0.2) is 4.79 Å². The number of rotatable bonds is 7. The Balaban J connectivity index is 1.67. The summed E-state index contributed by atoms with van der Waals surface area (Å²) >= 11 is 2.60. The highest BCUT2D eigenvalue weighted by molar-refractivity contribution is 8.01. The minimum absolute atomic E-state index is 0.133. The fraction of sp³-hybridized carbons (Fsp3) is 0.455. The first-order chi connectivity index (χ1) is 9.67. The van der Waals surface area contributed by atoms with Gasteiger partial charge in [-0.1, -0.05) is 29.2 Å². The van der Waals surface area contributed by atoms with Gasteiger partial charge in [-0.2, -0.15) is 0 Å². The molecule has 0 aliphatic heterocycles. The van der Waals surface area contributed by atoms with Crippen LogP contribution in [0.1, 0.15) is 12.8 Å². The summed E-state index contributed by atoms with van der Waals surface area (Å²) in [6.07, 6.45) is 3.70. The summed E-state index contributed by atoms with van der Waals surface area (Å²) in [6.45, 7) is 4.20. The lowest BCUT2D eigenvalue weighted by Crippen LogP contribution is -2.41. The first-order valence-corrected chi connectivity index (χ1v) is 7.89. The van der Waals surface area contributed by atoms with E-state index in [-0.39, 0.29) is 17.7 Å². The molecule has 0 spiro atoms. The molecule has 108 valence electrons. The second kappa shape index (κ2) is 7.25. The zero-order valence-electron chi connectivity index (χ0n) is 10.7. The van der Waals surface area contributed by atoms with Gasteiger partial charge in [-0.05, 0) is 12.8 Å². The van der Waals surface area contributed by atoms with Crippen LogP contribution in [0.5, 0.6) is 0 Å². The van der Waals surface area contributed by atoms with E-state index in [0.29, 0.717) is 16.0 Å². The Morgan fingerprint density at radius 2 is 2.25 bits per heavy atom. The lowest BCUT2D eigenvalue weighted by atomic mass is 10.6. The molecule has 1 aromatic rings. The van der Waals surface area contributed by atoms with Crippen LogP contribution in [0.25, 0.3) is 0 Å². The molecule has 1 saturated carbocycles. The molecular weight excluding hydrogens is 298 g/mol. The van der Waals surface area contributed by atoms with Gasteiger partial charge < -0.3 is 10.6 Å². The number of carbonyl (C=O) groups is 2. The molecule has 1 heterocycles. The zero-order valence-corrected chi connectivity index (χ0v) is 12.4. The molecule has 1 aromatic heterocycles. The second-order valence-corrected chi connectivity index (χ2v) is 6.33. The molecule has 1 fully saturated rings. The molecular formula is C11H15N5O2S2. The number of amides is 3. The molecule has 3 amide bonds. The van der Waals surface area contributed by atoms with Crippen molar-refractivity contribution in [2.24, 2.45) is 0 Å². The SMILES string of the molecule is C=CCNc1nnc(SCC(=O)NC(=O)NC2CC2)s1. The Labute approximate surface area is 124 Å². The van der Waals surface area contributed by atoms with Gasteiger partial charge in [0.2, 0.25) is 11.0 Å². The van der Waals surface area contributed by atoms with E-state index in [1.165, 1.54) is 23.1 Å². The standard InChI is InChI=1S/C11H15N5O2S2/c1-2-5-12-10-15-16-11(20-10)19-6-8(17)14-9(18)13-7-3-4-7/h2,7H,1,3-6H2,(H,12,15)(H2,13,14,17,18). The summed E-state index contributed by atoms with van der Waals surface area (Å²) in [4.78, 5) is 22.9. The van der Waals surface area contributed by atoms with Crippen LogP contribution in [0.4, 0.5) is 9.93 Å². The van der Waals surface area contributed by atoms with Gasteiger partial charge in [0.1, 0.15) is 0 Å². The van der Waals surface area contributed by atoms with Crippen molar-refractivity contribution in [1.82, 2.24) is 20.8 Å². The first-order valence-electron chi connectivity index (χ1n) is 6.09. The molecule has 0 saturated heterocycles. The van der Waals surface area contributed by atoms with Crippen LogP contribution in [0.3, 0.4) is 0 Å². The monoisotopic (exact) mass is 313 g/mol. The number of nitrogens with one attached hydrogen (secondary N) is 3. The third-order valence-electron chi connectivity index (χ3n) is 2.30. The van der Waals surface area contributed by atoms with Crippen molar-refractivity contribution in [2.75, 3.05) is 17.6 Å². The number of imide groups is 1. The van der Waals surface area contributed by atoms with Gasteiger partial charge in [0.25, 0.3) is 0 Å². The van der Waals surface area contributed by atoms with E-state index in [1.807, 2.05) is 0 Å². The van der Waals surface area contributed by atoms with Crippen LogP contribution in [0.2, 0.25) is 0 Å². The molecule has 1 aliphatic rings. The van der Waals surface area contributed by atoms with Crippen LogP contribution in [-0.2, 0) is 4.79 Å². The minimum atomic E-state index is -0.427. The van der Waals surface area contributed by atoms with Crippen LogP contribution < -0.4 is 16.0 Å². The van der Waals surface area contributed by atoms with Gasteiger partial charge >= 0.3 is 6.03 Å². The van der Waals surface area contributed by atoms with E-state index in [2.05, 4.69) is 32.7 Å². The van der Waals surface area contributed by atoms with Gasteiger partial charge in [0.05, 0.1) is 5.75 Å². The smallest absolute Gasteiger partial charge is 0.321 e. The maximum Gasteiger partial charge on any atom is 0.321 e. The largest absolute Gasteiger partial charge is 0.357 e. The predicted octanol–water partition coefficient (Wildman–Crippen LogP) is 1.22. The van der Waals surface area contributed by atoms with Gasteiger partial charge in [-0.3, -0.25) is 10.1 Å². The third-order valence-corrected chi connectivity index (χ3v) is 4.31. The average Bonchev–Trinajstić information content (AvgIpc) is 3.10. The van der Waals surface area contributed by atoms with Gasteiger partial charge in [-0.15, -0.1) is 16.8 Å². The van der Waals surface area contributed by atoms with Crippen molar-refractivity contribution in [3.63, 3.8) is 0 Å². The molecule has 9 heteroatoms. The normalized spacial score (nSPS) is 13.6. The molecule has 0 aromatic carbocycles. The number of hydrogen-bond acceptors (Lipinski definition) is 7. The molecule has 2 rings (SSSR count). The number of urea groups is 1. The van der Waals surface area contributed by atoms with Crippen molar-refractivity contribution in [3.05, 3.63) is 12.7 Å². The van der Waals surface area contributed by atoms with E-state index in [9.17, 15) is 9.59 Å². The van der Waals surface area contributed by atoms with Crippen LogP contribution in [0.15, 0.2) is 17.0 Å².